The van der Waals surface area contributed by atoms with Crippen LogP contribution in [0.15, 0.2) is 127 Å². The Kier molecular flexibility index (Phi) is 10.9. The summed E-state index contributed by atoms with van der Waals surface area (Å²) in [7, 11) is 4.53. The van der Waals surface area contributed by atoms with E-state index in [0.29, 0.717) is 5.92 Å². The van der Waals surface area contributed by atoms with Gasteiger partial charge in [0.1, 0.15) is 0 Å². The molecule has 0 radical (unpaired) electrons. The molecule has 2 nitrogen and oxygen atoms in total. The third kappa shape index (κ3) is 7.15. The van der Waals surface area contributed by atoms with Gasteiger partial charge in [-0.1, -0.05) is 153 Å². The third-order valence-electron chi connectivity index (χ3n) is 12.7. The summed E-state index contributed by atoms with van der Waals surface area (Å²) in [5.74, 6) is 0.512. The molecular formula is C50H66N2. The minimum absolute atomic E-state index is 0.00253. The summed E-state index contributed by atoms with van der Waals surface area (Å²) >= 11 is 0. The number of hydrogen-bond donors (Lipinski definition) is 0. The maximum Gasteiger partial charge on any atom is 0.0400 e. The van der Waals surface area contributed by atoms with Crippen molar-refractivity contribution in [2.75, 3.05) is 37.0 Å². The Morgan fingerprint density at radius 3 is 2.13 bits per heavy atom. The number of rotatable bonds is 9. The van der Waals surface area contributed by atoms with Crippen LogP contribution < -0.4 is 9.80 Å². The number of hydrogen-bond acceptors (Lipinski definition) is 2. The van der Waals surface area contributed by atoms with Crippen molar-refractivity contribution in [1.29, 1.82) is 0 Å². The highest BCUT2D eigenvalue weighted by Crippen LogP contribution is 2.51. The lowest BCUT2D eigenvalue weighted by molar-refractivity contribution is 0.449. The quantitative estimate of drug-likeness (QED) is 0.190. The maximum atomic E-state index is 4.76. The number of likely N-dealkylation sites (N-methyl/N-ethyl adjacent to an activating group) is 2. The van der Waals surface area contributed by atoms with Crippen LogP contribution in [0.4, 0.5) is 11.4 Å². The van der Waals surface area contributed by atoms with E-state index in [1.54, 1.807) is 0 Å². The Bertz CT molecular complexity index is 1890. The molecule has 2 aromatic carbocycles. The second kappa shape index (κ2) is 14.4. The Balaban J connectivity index is 1.52. The first kappa shape index (κ1) is 39.2. The van der Waals surface area contributed by atoms with E-state index in [-0.39, 0.29) is 27.6 Å². The zero-order valence-corrected chi connectivity index (χ0v) is 34.6. The highest BCUT2D eigenvalue weighted by molar-refractivity contribution is 5.65. The number of nitrogens with zero attached hydrogens (tertiary/aromatic N) is 2. The van der Waals surface area contributed by atoms with E-state index in [4.69, 9.17) is 6.58 Å². The van der Waals surface area contributed by atoms with Crippen LogP contribution in [0.1, 0.15) is 103 Å². The van der Waals surface area contributed by atoms with Gasteiger partial charge < -0.3 is 9.80 Å². The zero-order chi connectivity index (χ0) is 38.4. The minimum atomic E-state index is -0.247. The number of benzene rings is 2. The largest absolute Gasteiger partial charge is 0.373 e. The first-order chi connectivity index (χ1) is 24.2. The normalized spacial score (nSPS) is 24.8. The predicted molar refractivity (Wildman–Crippen MR) is 230 cm³/mol. The average molecular weight is 695 g/mol. The van der Waals surface area contributed by atoms with Gasteiger partial charge >= 0.3 is 0 Å². The molecule has 0 heterocycles. The molecule has 0 aliphatic heterocycles. The fourth-order valence-corrected chi connectivity index (χ4v) is 8.54. The van der Waals surface area contributed by atoms with E-state index in [9.17, 15) is 0 Å². The Morgan fingerprint density at radius 2 is 1.48 bits per heavy atom. The van der Waals surface area contributed by atoms with Gasteiger partial charge in [-0.15, -0.1) is 0 Å². The third-order valence-corrected chi connectivity index (χ3v) is 12.7. The van der Waals surface area contributed by atoms with E-state index < -0.39 is 0 Å². The molecule has 2 heteroatoms. The molecule has 0 spiro atoms. The molecule has 4 atom stereocenters. The van der Waals surface area contributed by atoms with Gasteiger partial charge in [0, 0.05) is 55.3 Å². The van der Waals surface area contributed by atoms with Crippen molar-refractivity contribution in [1.82, 2.24) is 0 Å². The second-order valence-corrected chi connectivity index (χ2v) is 18.2. The van der Waals surface area contributed by atoms with Crippen LogP contribution in [0.2, 0.25) is 0 Å². The van der Waals surface area contributed by atoms with Crippen molar-refractivity contribution < 1.29 is 0 Å². The molecule has 2 aromatic rings. The van der Waals surface area contributed by atoms with Crippen LogP contribution in [0, 0.1) is 18.8 Å². The fourth-order valence-electron chi connectivity index (χ4n) is 8.54. The van der Waals surface area contributed by atoms with Crippen molar-refractivity contribution in [2.45, 2.75) is 104 Å². The average Bonchev–Trinajstić information content (AvgIpc) is 3.54. The second-order valence-electron chi connectivity index (χ2n) is 18.2. The molecule has 0 aromatic heterocycles. The molecule has 0 amide bonds. The molecule has 0 fully saturated rings. The van der Waals surface area contributed by atoms with Gasteiger partial charge in [0.2, 0.25) is 0 Å². The topological polar surface area (TPSA) is 6.48 Å². The van der Waals surface area contributed by atoms with Gasteiger partial charge in [-0.25, -0.2) is 0 Å². The lowest BCUT2D eigenvalue weighted by Gasteiger charge is -2.42. The van der Waals surface area contributed by atoms with E-state index in [2.05, 4.69) is 185 Å². The van der Waals surface area contributed by atoms with E-state index in [0.717, 1.165) is 25.9 Å². The van der Waals surface area contributed by atoms with Crippen LogP contribution in [0.25, 0.3) is 0 Å². The van der Waals surface area contributed by atoms with Crippen molar-refractivity contribution in [3.63, 3.8) is 0 Å². The van der Waals surface area contributed by atoms with Gasteiger partial charge in [0.15, 0.2) is 0 Å². The monoisotopic (exact) mass is 695 g/mol. The van der Waals surface area contributed by atoms with Crippen LogP contribution >= 0.6 is 0 Å². The molecule has 3 aliphatic rings. The first-order valence-electron chi connectivity index (χ1n) is 19.4. The fraction of sp³-hybridized carbons (Fsp3) is 0.440. The van der Waals surface area contributed by atoms with Crippen LogP contribution in [0.3, 0.4) is 0 Å². The van der Waals surface area contributed by atoms with E-state index in [1.165, 1.54) is 61.5 Å². The molecule has 0 N–H and O–H groups in total. The lowest BCUT2D eigenvalue weighted by Crippen LogP contribution is -2.36. The highest BCUT2D eigenvalue weighted by atomic mass is 15.2. The molecule has 276 valence electrons. The van der Waals surface area contributed by atoms with Crippen molar-refractivity contribution in [3.05, 3.63) is 155 Å². The Hall–Kier alpha value is -4.04. The number of allylic oxidation sites excluding steroid dienone is 13. The number of anilines is 2. The molecule has 5 rings (SSSR count). The highest BCUT2D eigenvalue weighted by Gasteiger charge is 2.41. The molecular weight excluding hydrogens is 629 g/mol. The van der Waals surface area contributed by atoms with Gasteiger partial charge in [-0.05, 0) is 101 Å². The van der Waals surface area contributed by atoms with E-state index in [1.807, 2.05) is 6.08 Å². The standard InChI is InChI=1S/C50H66N2/c1-16-17-22-39-23-18-20-35(3)49(39,12)45-32-41(48(9,10)11)33-46(36(45)4)52(15)28-27-51(14)43-30-40(47(6,7)8)29-42(31-43)50(13)37(5)34(2)25-26-38-21-19-24-44(38)50/h16-19,21-23,25-26,29-34,39H,1,3,5,20,24,27-28H2,2,4,6-15H3/b22-17-. The summed E-state index contributed by atoms with van der Waals surface area (Å²) in [4.78, 5) is 4.93. The van der Waals surface area contributed by atoms with E-state index >= 15 is 0 Å². The van der Waals surface area contributed by atoms with Crippen LogP contribution in [-0.4, -0.2) is 27.2 Å². The van der Waals surface area contributed by atoms with Gasteiger partial charge in [0.25, 0.3) is 0 Å². The zero-order valence-electron chi connectivity index (χ0n) is 34.6. The SMILES string of the molecule is C=C/C=C\C1C=CCC(=C)C1(C)c1cc(C(C)(C)C)cc(N(C)CCN(C)c2cc(C(C)(C)C)cc(C3(C)C(=C)C(C)C=CC4=C3CC=C4)c2)c1C. The summed E-state index contributed by atoms with van der Waals surface area (Å²) in [5, 5.41) is 0. The van der Waals surface area contributed by atoms with Gasteiger partial charge in [-0.2, -0.15) is 0 Å². The Morgan fingerprint density at radius 1 is 0.827 bits per heavy atom. The van der Waals surface area contributed by atoms with Crippen molar-refractivity contribution in [2.24, 2.45) is 11.8 Å². The molecule has 0 saturated carbocycles. The van der Waals surface area contributed by atoms with Gasteiger partial charge in [-0.3, -0.25) is 0 Å². The summed E-state index contributed by atoms with van der Waals surface area (Å²) in [6.45, 7) is 38.5. The summed E-state index contributed by atoms with van der Waals surface area (Å²) in [6.07, 6.45) is 22.0. The van der Waals surface area contributed by atoms with Gasteiger partial charge in [0.05, 0.1) is 0 Å². The predicted octanol–water partition coefficient (Wildman–Crippen LogP) is 12.6. The van der Waals surface area contributed by atoms with Crippen molar-refractivity contribution >= 4 is 11.4 Å². The molecule has 0 saturated heterocycles. The van der Waals surface area contributed by atoms with Crippen molar-refractivity contribution in [3.8, 4) is 0 Å². The van der Waals surface area contributed by atoms with Crippen LogP contribution in [0.5, 0.6) is 0 Å². The smallest absolute Gasteiger partial charge is 0.0400 e. The van der Waals surface area contributed by atoms with Crippen LogP contribution in [-0.2, 0) is 21.7 Å². The first-order valence-corrected chi connectivity index (χ1v) is 19.4. The summed E-state index contributed by atoms with van der Waals surface area (Å²) < 4.78 is 0. The Labute approximate surface area is 317 Å². The summed E-state index contributed by atoms with van der Waals surface area (Å²) in [5.41, 5.74) is 14.2. The lowest BCUT2D eigenvalue weighted by atomic mass is 9.62. The maximum absolute atomic E-state index is 4.76. The summed E-state index contributed by atoms with van der Waals surface area (Å²) in [6, 6.07) is 12.2. The molecule has 52 heavy (non-hydrogen) atoms. The molecule has 0 bridgehead atoms. The minimum Gasteiger partial charge on any atom is -0.373 e. The molecule has 4 unspecified atom stereocenters. The molecule has 3 aliphatic carbocycles.